The minimum Gasteiger partial charge on any atom is -0.393 e. The third-order valence-electron chi connectivity index (χ3n) is 3.75. The number of carbonyl (C=O) groups is 1. The molecule has 2 unspecified atom stereocenters. The lowest BCUT2D eigenvalue weighted by atomic mass is 9.97. The summed E-state index contributed by atoms with van der Waals surface area (Å²) in [5.74, 6) is 0.200. The number of piperidine rings is 1. The summed E-state index contributed by atoms with van der Waals surface area (Å²) in [7, 11) is 0. The highest BCUT2D eigenvalue weighted by Gasteiger charge is 2.34. The van der Waals surface area contributed by atoms with Gasteiger partial charge in [-0.15, -0.1) is 0 Å². The zero-order valence-corrected chi connectivity index (χ0v) is 10.6. The lowest BCUT2D eigenvalue weighted by molar-refractivity contribution is -0.149. The highest BCUT2D eigenvalue weighted by Crippen LogP contribution is 2.18. The average molecular weight is 242 g/mol. The second-order valence-corrected chi connectivity index (χ2v) is 5.52. The van der Waals surface area contributed by atoms with Gasteiger partial charge in [-0.05, 0) is 19.3 Å². The van der Waals surface area contributed by atoms with Crippen molar-refractivity contribution in [1.29, 1.82) is 0 Å². The van der Waals surface area contributed by atoms with Gasteiger partial charge in [-0.2, -0.15) is 0 Å². The molecule has 2 N–H and O–H groups in total. The van der Waals surface area contributed by atoms with Crippen LogP contribution in [0.4, 0.5) is 0 Å². The number of nitrogens with one attached hydrogen (secondary N) is 1. The summed E-state index contributed by atoms with van der Waals surface area (Å²) in [6, 6.07) is 0. The van der Waals surface area contributed by atoms with Crippen LogP contribution >= 0.6 is 0 Å². The molecule has 2 heterocycles. The molecule has 0 aromatic carbocycles. The van der Waals surface area contributed by atoms with Crippen LogP contribution in [0.15, 0.2) is 0 Å². The molecule has 0 radical (unpaired) electrons. The van der Waals surface area contributed by atoms with Crippen molar-refractivity contribution in [1.82, 2.24) is 10.2 Å². The number of hydrogen-bond acceptors (Lipinski definition) is 4. The van der Waals surface area contributed by atoms with Crippen LogP contribution in [0.25, 0.3) is 0 Å². The maximum atomic E-state index is 11.9. The number of rotatable bonds is 3. The summed E-state index contributed by atoms with van der Waals surface area (Å²) in [4.78, 5) is 13.7. The van der Waals surface area contributed by atoms with Gasteiger partial charge in [-0.1, -0.05) is 6.92 Å². The molecule has 98 valence electrons. The number of ether oxygens (including phenoxy) is 1. The molecule has 5 nitrogen and oxygen atoms in total. The molecule has 0 saturated carbocycles. The number of hydrogen-bond donors (Lipinski definition) is 2. The topological polar surface area (TPSA) is 61.8 Å². The smallest absolute Gasteiger partial charge is 0.248 e. The van der Waals surface area contributed by atoms with Crippen LogP contribution in [0.3, 0.4) is 0 Å². The van der Waals surface area contributed by atoms with Crippen molar-refractivity contribution in [2.45, 2.75) is 32.0 Å². The molecule has 2 fully saturated rings. The Kier molecular flexibility index (Phi) is 3.70. The molecule has 0 aromatic rings. The number of aliphatic hydroxyl groups excluding tert-OH is 1. The van der Waals surface area contributed by atoms with E-state index in [2.05, 4.69) is 5.32 Å². The van der Waals surface area contributed by atoms with Crippen molar-refractivity contribution < 1.29 is 14.6 Å². The SMILES string of the molecule is CC1CN(C(=O)COC2(C)CNC2)CCC1O. The van der Waals surface area contributed by atoms with Crippen LogP contribution < -0.4 is 5.32 Å². The monoisotopic (exact) mass is 242 g/mol. The quantitative estimate of drug-likeness (QED) is 0.706. The Balaban J connectivity index is 1.76. The predicted molar refractivity (Wildman–Crippen MR) is 63.6 cm³/mol. The molecule has 2 aliphatic rings. The van der Waals surface area contributed by atoms with Crippen molar-refractivity contribution >= 4 is 5.91 Å². The summed E-state index contributed by atoms with van der Waals surface area (Å²) in [5, 5.41) is 12.7. The van der Waals surface area contributed by atoms with Crippen LogP contribution in [0.2, 0.25) is 0 Å². The molecule has 1 amide bonds. The Morgan fingerprint density at radius 3 is 2.82 bits per heavy atom. The van der Waals surface area contributed by atoms with E-state index in [4.69, 9.17) is 4.74 Å². The van der Waals surface area contributed by atoms with Gasteiger partial charge in [0.1, 0.15) is 6.61 Å². The van der Waals surface area contributed by atoms with Crippen LogP contribution in [-0.2, 0) is 9.53 Å². The van der Waals surface area contributed by atoms with Crippen LogP contribution in [-0.4, -0.2) is 60.4 Å². The Bertz CT molecular complexity index is 291. The van der Waals surface area contributed by atoms with E-state index in [1.165, 1.54) is 0 Å². The third-order valence-corrected chi connectivity index (χ3v) is 3.75. The second-order valence-electron chi connectivity index (χ2n) is 5.52. The summed E-state index contributed by atoms with van der Waals surface area (Å²) in [5.41, 5.74) is -0.170. The molecular weight excluding hydrogens is 220 g/mol. The maximum Gasteiger partial charge on any atom is 0.248 e. The lowest BCUT2D eigenvalue weighted by Gasteiger charge is -2.40. The Labute approximate surface area is 102 Å². The molecule has 2 saturated heterocycles. The van der Waals surface area contributed by atoms with Gasteiger partial charge < -0.3 is 20.1 Å². The molecule has 2 atom stereocenters. The number of aliphatic hydroxyl groups is 1. The fourth-order valence-corrected chi connectivity index (χ4v) is 2.27. The van der Waals surface area contributed by atoms with E-state index in [1.807, 2.05) is 13.8 Å². The van der Waals surface area contributed by atoms with E-state index in [-0.39, 0.29) is 30.1 Å². The van der Waals surface area contributed by atoms with Gasteiger partial charge in [0.05, 0.1) is 11.7 Å². The van der Waals surface area contributed by atoms with Gasteiger partial charge in [0, 0.05) is 26.2 Å². The van der Waals surface area contributed by atoms with Crippen molar-refractivity contribution in [3.63, 3.8) is 0 Å². The summed E-state index contributed by atoms with van der Waals surface area (Å²) >= 11 is 0. The fraction of sp³-hybridized carbons (Fsp3) is 0.917. The maximum absolute atomic E-state index is 11.9. The highest BCUT2D eigenvalue weighted by atomic mass is 16.5. The van der Waals surface area contributed by atoms with Crippen LogP contribution in [0.5, 0.6) is 0 Å². The molecular formula is C12H22N2O3. The fourth-order valence-electron chi connectivity index (χ4n) is 2.27. The first-order valence-corrected chi connectivity index (χ1v) is 6.31. The van der Waals surface area contributed by atoms with Gasteiger partial charge >= 0.3 is 0 Å². The van der Waals surface area contributed by atoms with Crippen molar-refractivity contribution in [2.24, 2.45) is 5.92 Å². The summed E-state index contributed by atoms with van der Waals surface area (Å²) in [6.45, 7) is 7.05. The van der Waals surface area contributed by atoms with E-state index in [0.29, 0.717) is 19.5 Å². The Hall–Kier alpha value is -0.650. The number of carbonyl (C=O) groups excluding carboxylic acids is 1. The molecule has 0 aliphatic carbocycles. The zero-order valence-electron chi connectivity index (χ0n) is 10.6. The average Bonchev–Trinajstić information content (AvgIpc) is 2.27. The van der Waals surface area contributed by atoms with Gasteiger partial charge in [0.25, 0.3) is 0 Å². The first-order valence-electron chi connectivity index (χ1n) is 6.31. The standard InChI is InChI=1S/C12H22N2O3/c1-9-5-14(4-3-10(9)15)11(16)6-17-12(2)7-13-8-12/h9-10,13,15H,3-8H2,1-2H3. The van der Waals surface area contributed by atoms with E-state index in [9.17, 15) is 9.90 Å². The minimum atomic E-state index is -0.270. The van der Waals surface area contributed by atoms with Crippen molar-refractivity contribution in [2.75, 3.05) is 32.8 Å². The largest absolute Gasteiger partial charge is 0.393 e. The second kappa shape index (κ2) is 4.92. The van der Waals surface area contributed by atoms with Crippen molar-refractivity contribution in [3.8, 4) is 0 Å². The number of amides is 1. The van der Waals surface area contributed by atoms with Crippen LogP contribution in [0, 0.1) is 5.92 Å². The normalized spacial score (nSPS) is 32.1. The Morgan fingerprint density at radius 1 is 1.59 bits per heavy atom. The predicted octanol–water partition coefficient (Wildman–Crippen LogP) is -0.406. The van der Waals surface area contributed by atoms with E-state index < -0.39 is 0 Å². The van der Waals surface area contributed by atoms with E-state index in [0.717, 1.165) is 13.1 Å². The molecule has 0 spiro atoms. The van der Waals surface area contributed by atoms with E-state index in [1.54, 1.807) is 4.90 Å². The Morgan fingerprint density at radius 2 is 2.29 bits per heavy atom. The van der Waals surface area contributed by atoms with E-state index >= 15 is 0 Å². The third kappa shape index (κ3) is 2.97. The molecule has 2 rings (SSSR count). The molecule has 0 bridgehead atoms. The highest BCUT2D eigenvalue weighted by molar-refractivity contribution is 5.77. The molecule has 17 heavy (non-hydrogen) atoms. The molecule has 5 heteroatoms. The van der Waals surface area contributed by atoms with Gasteiger partial charge in [0.15, 0.2) is 0 Å². The van der Waals surface area contributed by atoms with Crippen molar-refractivity contribution in [3.05, 3.63) is 0 Å². The first kappa shape index (κ1) is 12.8. The van der Waals surface area contributed by atoms with Gasteiger partial charge in [0.2, 0.25) is 5.91 Å². The van der Waals surface area contributed by atoms with Crippen LogP contribution in [0.1, 0.15) is 20.3 Å². The van der Waals surface area contributed by atoms with Gasteiger partial charge in [-0.25, -0.2) is 0 Å². The summed E-state index contributed by atoms with van der Waals surface area (Å²) in [6.07, 6.45) is 0.402. The lowest BCUT2D eigenvalue weighted by Crippen LogP contribution is -2.60. The van der Waals surface area contributed by atoms with Gasteiger partial charge in [-0.3, -0.25) is 4.79 Å². The molecule has 0 aromatic heterocycles. The molecule has 2 aliphatic heterocycles. The first-order chi connectivity index (χ1) is 8.00. The summed E-state index contributed by atoms with van der Waals surface area (Å²) < 4.78 is 5.63. The number of likely N-dealkylation sites (tertiary alicyclic amines) is 1. The zero-order chi connectivity index (χ0) is 12.5. The number of nitrogens with zero attached hydrogens (tertiary/aromatic N) is 1. The minimum absolute atomic E-state index is 0.0388.